The summed E-state index contributed by atoms with van der Waals surface area (Å²) in [5, 5.41) is 3.13. The van der Waals surface area contributed by atoms with Crippen LogP contribution in [0.4, 0.5) is 5.69 Å². The molecule has 2 rings (SSSR count). The summed E-state index contributed by atoms with van der Waals surface area (Å²) < 4.78 is 10.6. The first-order valence-corrected chi connectivity index (χ1v) is 9.53. The van der Waals surface area contributed by atoms with Gasteiger partial charge in [-0.05, 0) is 62.9 Å². The number of ether oxygens (including phenoxy) is 2. The molecule has 0 amide bonds. The summed E-state index contributed by atoms with van der Waals surface area (Å²) in [5.41, 5.74) is 6.84. The van der Waals surface area contributed by atoms with Crippen LogP contribution >= 0.6 is 24.0 Å². The minimum atomic E-state index is 0. The minimum Gasteiger partial charge on any atom is -0.497 e. The highest BCUT2D eigenvalue weighted by Crippen LogP contribution is 2.28. The Morgan fingerprint density at radius 3 is 2.56 bits per heavy atom. The van der Waals surface area contributed by atoms with Gasteiger partial charge < -0.3 is 25.4 Å². The van der Waals surface area contributed by atoms with Gasteiger partial charge in [0.1, 0.15) is 11.5 Å². The molecule has 6 nitrogen and oxygen atoms in total. The molecule has 0 atom stereocenters. The number of anilines is 1. The van der Waals surface area contributed by atoms with Gasteiger partial charge >= 0.3 is 0 Å². The standard InChI is InChI=1S/C20H34N4O2.HI/c1-15(2)7-10-24-11-8-16(9-12-24)14-22-20(21)23-18-13-17(25-3)5-6-19(18)26-4;/h5-6,13,15-16H,7-12,14H2,1-4H3,(H3,21,22,23);1H. The Hall–Kier alpha value is -1.22. The number of nitrogens with one attached hydrogen (secondary N) is 1. The molecular formula is C20H35IN4O2. The summed E-state index contributed by atoms with van der Waals surface area (Å²) in [6.45, 7) is 8.90. The first kappa shape index (κ1) is 23.8. The molecule has 154 valence electrons. The van der Waals surface area contributed by atoms with Crippen LogP contribution < -0.4 is 20.5 Å². The fraction of sp³-hybridized carbons (Fsp3) is 0.650. The molecule has 1 heterocycles. The van der Waals surface area contributed by atoms with E-state index in [1.807, 2.05) is 18.2 Å². The molecule has 1 fully saturated rings. The highest BCUT2D eigenvalue weighted by atomic mass is 127. The number of aliphatic imine (C=N–C) groups is 1. The number of benzene rings is 1. The largest absolute Gasteiger partial charge is 0.497 e. The highest BCUT2D eigenvalue weighted by molar-refractivity contribution is 14.0. The number of likely N-dealkylation sites (tertiary alicyclic amines) is 1. The number of rotatable bonds is 8. The van der Waals surface area contributed by atoms with Crippen LogP contribution in [0.15, 0.2) is 23.2 Å². The summed E-state index contributed by atoms with van der Waals surface area (Å²) in [6, 6.07) is 5.56. The molecule has 0 radical (unpaired) electrons. The predicted molar refractivity (Wildman–Crippen MR) is 124 cm³/mol. The van der Waals surface area contributed by atoms with Gasteiger partial charge in [-0.3, -0.25) is 4.99 Å². The number of piperidine rings is 1. The number of hydrogen-bond acceptors (Lipinski definition) is 4. The molecule has 0 bridgehead atoms. The van der Waals surface area contributed by atoms with Crippen molar-refractivity contribution in [2.45, 2.75) is 33.1 Å². The lowest BCUT2D eigenvalue weighted by molar-refractivity contribution is 0.180. The van der Waals surface area contributed by atoms with Crippen LogP contribution in [0.1, 0.15) is 33.1 Å². The van der Waals surface area contributed by atoms with E-state index in [0.717, 1.165) is 23.9 Å². The fourth-order valence-electron chi connectivity index (χ4n) is 3.15. The Labute approximate surface area is 180 Å². The molecule has 1 saturated heterocycles. The third-order valence-electron chi connectivity index (χ3n) is 4.92. The zero-order chi connectivity index (χ0) is 18.9. The Balaban J connectivity index is 0.00000364. The summed E-state index contributed by atoms with van der Waals surface area (Å²) in [5.74, 6) is 3.26. The number of halogens is 1. The van der Waals surface area contributed by atoms with E-state index in [-0.39, 0.29) is 24.0 Å². The second kappa shape index (κ2) is 12.3. The minimum absolute atomic E-state index is 0. The molecule has 0 saturated carbocycles. The lowest BCUT2D eigenvalue weighted by Crippen LogP contribution is -2.36. The van der Waals surface area contributed by atoms with Gasteiger partial charge in [0, 0.05) is 12.6 Å². The first-order chi connectivity index (χ1) is 12.5. The molecule has 1 aromatic rings. The van der Waals surface area contributed by atoms with Crippen molar-refractivity contribution in [2.75, 3.05) is 45.7 Å². The zero-order valence-corrected chi connectivity index (χ0v) is 19.4. The molecule has 1 aromatic carbocycles. The summed E-state index contributed by atoms with van der Waals surface area (Å²) in [7, 11) is 3.27. The first-order valence-electron chi connectivity index (χ1n) is 9.53. The van der Waals surface area contributed by atoms with E-state index in [1.54, 1.807) is 14.2 Å². The Morgan fingerprint density at radius 2 is 1.96 bits per heavy atom. The molecule has 0 aromatic heterocycles. The second-order valence-corrected chi connectivity index (χ2v) is 7.38. The van der Waals surface area contributed by atoms with Crippen molar-refractivity contribution in [1.82, 2.24) is 4.90 Å². The van der Waals surface area contributed by atoms with Crippen LogP contribution in [0.5, 0.6) is 11.5 Å². The lowest BCUT2D eigenvalue weighted by Gasteiger charge is -2.31. The Bertz CT molecular complexity index is 587. The van der Waals surface area contributed by atoms with E-state index < -0.39 is 0 Å². The molecule has 1 aliphatic rings. The van der Waals surface area contributed by atoms with Gasteiger partial charge in [0.25, 0.3) is 0 Å². The van der Waals surface area contributed by atoms with Crippen LogP contribution in [0.3, 0.4) is 0 Å². The molecule has 27 heavy (non-hydrogen) atoms. The number of guanidine groups is 1. The van der Waals surface area contributed by atoms with Crippen LogP contribution in [0.25, 0.3) is 0 Å². The van der Waals surface area contributed by atoms with E-state index in [2.05, 4.69) is 29.1 Å². The van der Waals surface area contributed by atoms with Crippen molar-refractivity contribution in [3.05, 3.63) is 18.2 Å². The van der Waals surface area contributed by atoms with Gasteiger partial charge in [0.2, 0.25) is 0 Å². The number of nitrogens with two attached hydrogens (primary N) is 1. The SMILES string of the molecule is COc1ccc(OC)c(NC(N)=NCC2CCN(CCC(C)C)CC2)c1.I. The smallest absolute Gasteiger partial charge is 0.193 e. The number of nitrogens with zero attached hydrogens (tertiary/aromatic N) is 2. The number of methoxy groups -OCH3 is 2. The normalized spacial score (nSPS) is 16.1. The fourth-order valence-corrected chi connectivity index (χ4v) is 3.15. The molecule has 0 spiro atoms. The van der Waals surface area contributed by atoms with Crippen molar-refractivity contribution < 1.29 is 9.47 Å². The van der Waals surface area contributed by atoms with Crippen LogP contribution in [0.2, 0.25) is 0 Å². The summed E-state index contributed by atoms with van der Waals surface area (Å²) >= 11 is 0. The summed E-state index contributed by atoms with van der Waals surface area (Å²) in [6.07, 6.45) is 3.66. The van der Waals surface area contributed by atoms with Crippen molar-refractivity contribution in [3.63, 3.8) is 0 Å². The third kappa shape index (κ3) is 8.13. The monoisotopic (exact) mass is 490 g/mol. The van der Waals surface area contributed by atoms with Gasteiger partial charge in [0.15, 0.2) is 5.96 Å². The maximum absolute atomic E-state index is 6.08. The second-order valence-electron chi connectivity index (χ2n) is 7.38. The zero-order valence-electron chi connectivity index (χ0n) is 17.0. The molecule has 3 N–H and O–H groups in total. The van der Waals surface area contributed by atoms with Crippen molar-refractivity contribution in [1.29, 1.82) is 0 Å². The van der Waals surface area contributed by atoms with Gasteiger partial charge in [0.05, 0.1) is 19.9 Å². The van der Waals surface area contributed by atoms with Gasteiger partial charge in [-0.2, -0.15) is 0 Å². The molecule has 7 heteroatoms. The summed E-state index contributed by atoms with van der Waals surface area (Å²) in [4.78, 5) is 7.11. The molecular weight excluding hydrogens is 455 g/mol. The lowest BCUT2D eigenvalue weighted by atomic mass is 9.96. The van der Waals surface area contributed by atoms with E-state index in [1.165, 1.54) is 38.9 Å². The Kier molecular flexibility index (Phi) is 10.8. The van der Waals surface area contributed by atoms with Gasteiger partial charge in [-0.1, -0.05) is 13.8 Å². The average molecular weight is 490 g/mol. The van der Waals surface area contributed by atoms with Crippen LogP contribution in [0, 0.1) is 11.8 Å². The average Bonchev–Trinajstić information content (AvgIpc) is 2.65. The van der Waals surface area contributed by atoms with Crippen molar-refractivity contribution >= 4 is 35.6 Å². The molecule has 1 aliphatic heterocycles. The topological polar surface area (TPSA) is 72.1 Å². The van der Waals surface area contributed by atoms with Crippen molar-refractivity contribution in [3.8, 4) is 11.5 Å². The van der Waals surface area contributed by atoms with Crippen molar-refractivity contribution in [2.24, 2.45) is 22.6 Å². The van der Waals surface area contributed by atoms with E-state index >= 15 is 0 Å². The van der Waals surface area contributed by atoms with Gasteiger partial charge in [-0.15, -0.1) is 24.0 Å². The van der Waals surface area contributed by atoms with E-state index in [9.17, 15) is 0 Å². The van der Waals surface area contributed by atoms with E-state index in [0.29, 0.717) is 17.6 Å². The predicted octanol–water partition coefficient (Wildman–Crippen LogP) is 3.81. The molecule has 0 unspecified atom stereocenters. The maximum atomic E-state index is 6.08. The van der Waals surface area contributed by atoms with Gasteiger partial charge in [-0.25, -0.2) is 0 Å². The third-order valence-corrected chi connectivity index (χ3v) is 4.92. The molecule has 0 aliphatic carbocycles. The van der Waals surface area contributed by atoms with Crippen LogP contribution in [-0.2, 0) is 0 Å². The number of hydrogen-bond donors (Lipinski definition) is 2. The van der Waals surface area contributed by atoms with E-state index in [4.69, 9.17) is 15.2 Å². The quantitative estimate of drug-likeness (QED) is 0.330. The maximum Gasteiger partial charge on any atom is 0.193 e. The highest BCUT2D eigenvalue weighted by Gasteiger charge is 2.19. The Morgan fingerprint density at radius 1 is 1.26 bits per heavy atom. The van der Waals surface area contributed by atoms with Crippen LogP contribution in [-0.4, -0.2) is 51.3 Å².